The normalized spacial score (nSPS) is 14.2. The molecule has 0 radical (unpaired) electrons. The number of hydrogen-bond acceptors (Lipinski definition) is 4. The molecule has 0 atom stereocenters. The first kappa shape index (κ1) is 17.0. The van der Waals surface area contributed by atoms with Crippen LogP contribution >= 0.6 is 11.6 Å². The van der Waals surface area contributed by atoms with Gasteiger partial charge in [-0.25, -0.2) is 0 Å². The van der Waals surface area contributed by atoms with Crippen LogP contribution < -0.4 is 19.5 Å². The van der Waals surface area contributed by atoms with E-state index in [1.165, 1.54) is 16.7 Å². The quantitative estimate of drug-likeness (QED) is 0.845. The van der Waals surface area contributed by atoms with Crippen molar-refractivity contribution in [1.29, 1.82) is 0 Å². The third kappa shape index (κ3) is 3.58. The molecule has 0 spiro atoms. The van der Waals surface area contributed by atoms with E-state index in [-0.39, 0.29) is 12.5 Å². The first-order valence-electron chi connectivity index (χ1n) is 8.79. The third-order valence-corrected chi connectivity index (χ3v) is 4.89. The highest BCUT2D eigenvalue weighted by atomic mass is 35.5. The van der Waals surface area contributed by atoms with Crippen LogP contribution in [-0.4, -0.2) is 32.3 Å². The molecule has 136 valence electrons. The van der Waals surface area contributed by atoms with Gasteiger partial charge in [-0.05, 0) is 36.8 Å². The van der Waals surface area contributed by atoms with E-state index in [1.54, 1.807) is 24.3 Å². The van der Waals surface area contributed by atoms with Crippen LogP contribution in [0.4, 0.5) is 0 Å². The predicted molar refractivity (Wildman–Crippen MR) is 98.5 cm³/mol. The summed E-state index contributed by atoms with van der Waals surface area (Å²) in [5.41, 5.74) is 3.60. The second-order valence-corrected chi connectivity index (χ2v) is 6.80. The molecular weight excluding hydrogens is 354 g/mol. The number of carbonyl (C=O) groups excluding carboxylic acids is 1. The fraction of sp³-hybridized carbons (Fsp3) is 0.350. The molecule has 0 aliphatic carbocycles. The molecule has 0 aromatic heterocycles. The first-order valence-corrected chi connectivity index (χ1v) is 9.17. The average molecular weight is 374 g/mol. The maximum absolute atomic E-state index is 12.0. The van der Waals surface area contributed by atoms with Crippen LogP contribution in [0.15, 0.2) is 30.3 Å². The lowest BCUT2D eigenvalue weighted by Crippen LogP contribution is -2.30. The Labute approximate surface area is 157 Å². The van der Waals surface area contributed by atoms with Crippen LogP contribution in [0.2, 0.25) is 5.02 Å². The molecule has 1 N–H and O–H groups in total. The molecule has 0 saturated heterocycles. The van der Waals surface area contributed by atoms with Crippen LogP contribution in [0, 0.1) is 0 Å². The highest BCUT2D eigenvalue weighted by molar-refractivity contribution is 6.30. The van der Waals surface area contributed by atoms with E-state index in [9.17, 15) is 4.79 Å². The van der Waals surface area contributed by atoms with Crippen molar-refractivity contribution in [1.82, 2.24) is 5.32 Å². The minimum Gasteiger partial charge on any atom is -0.493 e. The number of rotatable bonds is 6. The van der Waals surface area contributed by atoms with Crippen molar-refractivity contribution in [3.63, 3.8) is 0 Å². The van der Waals surface area contributed by atoms with Gasteiger partial charge in [0.25, 0.3) is 5.91 Å². The Balaban J connectivity index is 1.32. The van der Waals surface area contributed by atoms with Crippen molar-refractivity contribution in [3.05, 3.63) is 52.0 Å². The molecule has 0 fully saturated rings. The SMILES string of the molecule is O=C(COc1ccc(Cl)cc1)NCCc1c2c(cc3c1OCC3)OCC2. The number of carbonyl (C=O) groups is 1. The molecular formula is C20H20ClNO4. The summed E-state index contributed by atoms with van der Waals surface area (Å²) >= 11 is 5.83. The number of ether oxygens (including phenoxy) is 3. The zero-order chi connectivity index (χ0) is 17.9. The Kier molecular flexibility index (Phi) is 4.89. The largest absolute Gasteiger partial charge is 0.493 e. The second kappa shape index (κ2) is 7.46. The molecule has 6 heteroatoms. The standard InChI is InChI=1S/C20H20ClNO4/c21-14-1-3-15(4-2-14)26-12-19(23)22-8-5-17-16-7-10-24-18(16)11-13-6-9-25-20(13)17/h1-4,11H,5-10,12H2,(H,22,23). The lowest BCUT2D eigenvalue weighted by molar-refractivity contribution is -0.123. The number of amides is 1. The van der Waals surface area contributed by atoms with E-state index in [0.717, 1.165) is 30.8 Å². The van der Waals surface area contributed by atoms with Gasteiger partial charge in [-0.1, -0.05) is 11.6 Å². The Hall–Kier alpha value is -2.40. The van der Waals surface area contributed by atoms with Gasteiger partial charge >= 0.3 is 0 Å². The van der Waals surface area contributed by atoms with Crippen molar-refractivity contribution >= 4 is 17.5 Å². The van der Waals surface area contributed by atoms with E-state index in [2.05, 4.69) is 11.4 Å². The fourth-order valence-corrected chi connectivity index (χ4v) is 3.53. The summed E-state index contributed by atoms with van der Waals surface area (Å²) in [6.07, 6.45) is 2.54. The Morgan fingerprint density at radius 3 is 2.81 bits per heavy atom. The minimum atomic E-state index is -0.152. The summed E-state index contributed by atoms with van der Waals surface area (Å²) in [5, 5.41) is 3.54. The molecule has 2 aromatic carbocycles. The molecule has 4 rings (SSSR count). The van der Waals surface area contributed by atoms with Crippen LogP contribution in [-0.2, 0) is 24.1 Å². The highest BCUT2D eigenvalue weighted by Crippen LogP contribution is 2.40. The molecule has 0 saturated carbocycles. The summed E-state index contributed by atoms with van der Waals surface area (Å²) in [4.78, 5) is 12.0. The molecule has 2 aliphatic heterocycles. The Morgan fingerprint density at radius 2 is 1.96 bits per heavy atom. The van der Waals surface area contributed by atoms with E-state index in [1.807, 2.05) is 0 Å². The first-order chi connectivity index (χ1) is 12.7. The summed E-state index contributed by atoms with van der Waals surface area (Å²) in [7, 11) is 0. The van der Waals surface area contributed by atoms with Gasteiger partial charge in [0.05, 0.1) is 13.2 Å². The zero-order valence-electron chi connectivity index (χ0n) is 14.3. The summed E-state index contributed by atoms with van der Waals surface area (Å²) in [6.45, 7) is 1.94. The average Bonchev–Trinajstić information content (AvgIpc) is 3.29. The number of hydrogen-bond donors (Lipinski definition) is 1. The van der Waals surface area contributed by atoms with Crippen molar-refractivity contribution in [3.8, 4) is 17.2 Å². The minimum absolute atomic E-state index is 0.0216. The zero-order valence-corrected chi connectivity index (χ0v) is 15.1. The summed E-state index contributed by atoms with van der Waals surface area (Å²) in [6, 6.07) is 9.04. The lowest BCUT2D eigenvalue weighted by Gasteiger charge is -2.13. The van der Waals surface area contributed by atoms with Gasteiger partial charge in [-0.15, -0.1) is 0 Å². The van der Waals surface area contributed by atoms with Crippen LogP contribution in [0.3, 0.4) is 0 Å². The molecule has 0 bridgehead atoms. The molecule has 26 heavy (non-hydrogen) atoms. The topological polar surface area (TPSA) is 56.8 Å². The molecule has 2 aliphatic rings. The van der Waals surface area contributed by atoms with Gasteiger partial charge in [-0.3, -0.25) is 4.79 Å². The van der Waals surface area contributed by atoms with E-state index in [0.29, 0.717) is 30.5 Å². The van der Waals surface area contributed by atoms with Gasteiger partial charge in [0.2, 0.25) is 0 Å². The van der Waals surface area contributed by atoms with Gasteiger partial charge in [0.15, 0.2) is 6.61 Å². The summed E-state index contributed by atoms with van der Waals surface area (Å²) in [5.74, 6) is 2.43. The van der Waals surface area contributed by atoms with Gasteiger partial charge < -0.3 is 19.5 Å². The maximum Gasteiger partial charge on any atom is 0.257 e. The number of fused-ring (bicyclic) bond motifs is 2. The smallest absolute Gasteiger partial charge is 0.257 e. The van der Waals surface area contributed by atoms with E-state index < -0.39 is 0 Å². The molecule has 1 amide bonds. The number of halogens is 1. The third-order valence-electron chi connectivity index (χ3n) is 4.64. The van der Waals surface area contributed by atoms with Gasteiger partial charge in [-0.2, -0.15) is 0 Å². The predicted octanol–water partition coefficient (Wildman–Crippen LogP) is 2.95. The molecule has 0 unspecified atom stereocenters. The van der Waals surface area contributed by atoms with Crippen molar-refractivity contribution in [2.24, 2.45) is 0 Å². The fourth-order valence-electron chi connectivity index (χ4n) is 3.41. The van der Waals surface area contributed by atoms with Crippen LogP contribution in [0.1, 0.15) is 16.7 Å². The second-order valence-electron chi connectivity index (χ2n) is 6.36. The van der Waals surface area contributed by atoms with Crippen LogP contribution in [0.25, 0.3) is 0 Å². The number of nitrogens with one attached hydrogen (secondary N) is 1. The Morgan fingerprint density at radius 1 is 1.15 bits per heavy atom. The monoisotopic (exact) mass is 373 g/mol. The van der Waals surface area contributed by atoms with Crippen molar-refractivity contribution in [2.75, 3.05) is 26.4 Å². The van der Waals surface area contributed by atoms with Crippen molar-refractivity contribution < 1.29 is 19.0 Å². The lowest BCUT2D eigenvalue weighted by atomic mass is 9.97. The maximum atomic E-state index is 12.0. The highest BCUT2D eigenvalue weighted by Gasteiger charge is 2.26. The van der Waals surface area contributed by atoms with Crippen LogP contribution in [0.5, 0.6) is 17.2 Å². The van der Waals surface area contributed by atoms with Crippen molar-refractivity contribution in [2.45, 2.75) is 19.3 Å². The summed E-state index contributed by atoms with van der Waals surface area (Å²) < 4.78 is 17.0. The molecule has 2 aromatic rings. The van der Waals surface area contributed by atoms with Gasteiger partial charge in [0.1, 0.15) is 17.2 Å². The van der Waals surface area contributed by atoms with Gasteiger partial charge in [0, 0.05) is 41.1 Å². The molecule has 2 heterocycles. The van der Waals surface area contributed by atoms with E-state index >= 15 is 0 Å². The Bertz CT molecular complexity index is 787. The number of benzene rings is 2. The van der Waals surface area contributed by atoms with E-state index in [4.69, 9.17) is 25.8 Å². The molecule has 5 nitrogen and oxygen atoms in total.